The number of aryl methyl sites for hydroxylation is 1. The van der Waals surface area contributed by atoms with E-state index in [2.05, 4.69) is 11.4 Å². The van der Waals surface area contributed by atoms with Gasteiger partial charge in [-0.15, -0.1) is 0 Å². The molecule has 0 spiro atoms. The average molecular weight is 479 g/mol. The molecule has 1 aliphatic carbocycles. The van der Waals surface area contributed by atoms with E-state index in [0.717, 1.165) is 24.0 Å². The molecule has 0 aliphatic heterocycles. The van der Waals surface area contributed by atoms with Crippen LogP contribution in [0.4, 0.5) is 5.69 Å². The van der Waals surface area contributed by atoms with Crippen molar-refractivity contribution in [2.75, 3.05) is 5.32 Å². The Morgan fingerprint density at radius 1 is 1.06 bits per heavy atom. The molecule has 5 rings (SSSR count). The van der Waals surface area contributed by atoms with Gasteiger partial charge in [0.1, 0.15) is 18.2 Å². The second-order valence-corrected chi connectivity index (χ2v) is 8.92. The van der Waals surface area contributed by atoms with Crippen LogP contribution in [0.15, 0.2) is 77.6 Å². The molecule has 0 atom stereocenters. The predicted molar refractivity (Wildman–Crippen MR) is 138 cm³/mol. The van der Waals surface area contributed by atoms with Crippen molar-refractivity contribution >= 4 is 22.5 Å². The first kappa shape index (κ1) is 23.3. The van der Waals surface area contributed by atoms with Gasteiger partial charge < -0.3 is 10.1 Å². The zero-order valence-corrected chi connectivity index (χ0v) is 19.8. The number of benzene rings is 3. The summed E-state index contributed by atoms with van der Waals surface area (Å²) in [5, 5.41) is 12.4. The molecule has 0 bridgehead atoms. The number of carbonyl (C=O) groups is 1. The Morgan fingerprint density at radius 3 is 2.58 bits per heavy atom. The molecule has 1 saturated carbocycles. The lowest BCUT2D eigenvalue weighted by molar-refractivity contribution is -0.116. The monoisotopic (exact) mass is 478 g/mol. The van der Waals surface area contributed by atoms with E-state index >= 15 is 0 Å². The van der Waals surface area contributed by atoms with Gasteiger partial charge in [0.25, 0.3) is 5.56 Å². The van der Waals surface area contributed by atoms with Gasteiger partial charge in [-0.3, -0.25) is 14.2 Å². The Balaban J connectivity index is 1.25. The molecule has 1 aromatic heterocycles. The Kier molecular flexibility index (Phi) is 6.76. The molecule has 1 fully saturated rings. The molecule has 0 unspecified atom stereocenters. The van der Waals surface area contributed by atoms with Crippen LogP contribution in [0.3, 0.4) is 0 Å². The van der Waals surface area contributed by atoms with Gasteiger partial charge in [0.05, 0.1) is 23.4 Å². The summed E-state index contributed by atoms with van der Waals surface area (Å²) in [6, 6.07) is 24.6. The van der Waals surface area contributed by atoms with E-state index in [1.807, 2.05) is 66.7 Å². The first-order valence-electron chi connectivity index (χ1n) is 12.1. The van der Waals surface area contributed by atoms with E-state index in [1.54, 1.807) is 10.6 Å². The fraction of sp³-hybridized carbons (Fsp3) is 0.241. The normalized spacial score (nSPS) is 12.8. The van der Waals surface area contributed by atoms with Gasteiger partial charge in [-0.1, -0.05) is 42.5 Å². The number of amides is 1. The third-order valence-corrected chi connectivity index (χ3v) is 6.26. The van der Waals surface area contributed by atoms with E-state index in [4.69, 9.17) is 15.0 Å². The summed E-state index contributed by atoms with van der Waals surface area (Å²) >= 11 is 0. The van der Waals surface area contributed by atoms with Crippen molar-refractivity contribution in [3.05, 3.63) is 100 Å². The Hall–Kier alpha value is -4.44. The summed E-state index contributed by atoms with van der Waals surface area (Å²) in [4.78, 5) is 30.6. The number of hydrogen-bond donors (Lipinski definition) is 1. The van der Waals surface area contributed by atoms with Crippen LogP contribution in [-0.2, 0) is 24.2 Å². The van der Waals surface area contributed by atoms with Crippen LogP contribution < -0.4 is 15.6 Å². The number of anilines is 1. The van der Waals surface area contributed by atoms with Crippen LogP contribution in [-0.4, -0.2) is 15.5 Å². The highest BCUT2D eigenvalue weighted by Gasteiger charge is 2.28. The second-order valence-electron chi connectivity index (χ2n) is 8.92. The maximum atomic E-state index is 13.0. The highest BCUT2D eigenvalue weighted by Crippen LogP contribution is 2.35. The lowest BCUT2D eigenvalue weighted by atomic mass is 10.1. The van der Waals surface area contributed by atoms with Gasteiger partial charge in [-0.2, -0.15) is 5.26 Å². The molecule has 1 N–H and O–H groups in total. The molecule has 3 aromatic carbocycles. The third-order valence-electron chi connectivity index (χ3n) is 6.26. The number of hydrogen-bond acceptors (Lipinski definition) is 5. The molecule has 180 valence electrons. The summed E-state index contributed by atoms with van der Waals surface area (Å²) in [7, 11) is 0. The number of nitrogens with one attached hydrogen (secondary N) is 1. The maximum Gasteiger partial charge on any atom is 0.261 e. The molecule has 0 radical (unpaired) electrons. The maximum absolute atomic E-state index is 13.0. The van der Waals surface area contributed by atoms with Crippen LogP contribution in [0.5, 0.6) is 5.75 Å². The van der Waals surface area contributed by atoms with Crippen molar-refractivity contribution < 1.29 is 9.53 Å². The zero-order valence-electron chi connectivity index (χ0n) is 19.8. The third kappa shape index (κ3) is 5.28. The summed E-state index contributed by atoms with van der Waals surface area (Å²) in [6.07, 6.45) is 2.89. The van der Waals surface area contributed by atoms with Crippen LogP contribution >= 0.6 is 0 Å². The molecule has 7 nitrogen and oxygen atoms in total. The van der Waals surface area contributed by atoms with Gasteiger partial charge in [-0.25, -0.2) is 4.98 Å². The van der Waals surface area contributed by atoms with E-state index in [9.17, 15) is 9.59 Å². The second kappa shape index (κ2) is 10.4. The smallest absolute Gasteiger partial charge is 0.261 e. The standard InChI is InChI=1S/C29H26N4O3/c30-18-17-20-9-13-23(14-10-20)36-19-21-5-1-3-7-25(21)32-28(34)16-15-27-31-26-8-4-2-6-24(26)29(35)33(27)22-11-12-22/h1-10,13-14,22H,11-12,15-17,19H2,(H,32,34). The number of ether oxygens (including phenoxy) is 1. The van der Waals surface area contributed by atoms with Crippen molar-refractivity contribution in [1.82, 2.24) is 9.55 Å². The van der Waals surface area contributed by atoms with E-state index in [-0.39, 0.29) is 23.9 Å². The highest BCUT2D eigenvalue weighted by atomic mass is 16.5. The minimum Gasteiger partial charge on any atom is -0.489 e. The number of nitriles is 1. The topological polar surface area (TPSA) is 97.0 Å². The van der Waals surface area contributed by atoms with Crippen molar-refractivity contribution in [3.8, 4) is 11.8 Å². The molecule has 1 heterocycles. The first-order chi connectivity index (χ1) is 17.6. The predicted octanol–water partition coefficient (Wildman–Crippen LogP) is 4.95. The van der Waals surface area contributed by atoms with Gasteiger partial charge >= 0.3 is 0 Å². The van der Waals surface area contributed by atoms with Crippen molar-refractivity contribution in [2.24, 2.45) is 0 Å². The largest absolute Gasteiger partial charge is 0.489 e. The molecular weight excluding hydrogens is 452 g/mol. The Labute approximate surface area is 209 Å². The number of aromatic nitrogens is 2. The molecule has 0 saturated heterocycles. The van der Waals surface area contributed by atoms with Gasteiger partial charge in [0.15, 0.2) is 0 Å². The van der Waals surface area contributed by atoms with E-state index in [1.165, 1.54) is 0 Å². The van der Waals surface area contributed by atoms with E-state index in [0.29, 0.717) is 47.6 Å². The van der Waals surface area contributed by atoms with Gasteiger partial charge in [0, 0.05) is 30.1 Å². The zero-order chi connectivity index (χ0) is 24.9. The van der Waals surface area contributed by atoms with Crippen molar-refractivity contribution in [1.29, 1.82) is 5.26 Å². The van der Waals surface area contributed by atoms with Crippen LogP contribution in [0, 0.1) is 11.3 Å². The molecule has 1 aliphatic rings. The van der Waals surface area contributed by atoms with Crippen LogP contribution in [0.1, 0.15) is 42.3 Å². The highest BCUT2D eigenvalue weighted by molar-refractivity contribution is 5.91. The molecular formula is C29H26N4O3. The van der Waals surface area contributed by atoms with Crippen molar-refractivity contribution in [3.63, 3.8) is 0 Å². The fourth-order valence-corrected chi connectivity index (χ4v) is 4.24. The summed E-state index contributed by atoms with van der Waals surface area (Å²) in [5.41, 5.74) is 3.12. The number of para-hydroxylation sites is 2. The molecule has 1 amide bonds. The number of carbonyl (C=O) groups excluding carboxylic acids is 1. The number of nitrogens with zero attached hydrogens (tertiary/aromatic N) is 3. The minimum atomic E-state index is -0.145. The first-order valence-corrected chi connectivity index (χ1v) is 12.1. The quantitative estimate of drug-likeness (QED) is 0.367. The fourth-order valence-electron chi connectivity index (χ4n) is 4.24. The molecule has 36 heavy (non-hydrogen) atoms. The lowest BCUT2D eigenvalue weighted by Gasteiger charge is -2.14. The summed E-state index contributed by atoms with van der Waals surface area (Å²) in [5.74, 6) is 1.21. The van der Waals surface area contributed by atoms with Crippen LogP contribution in [0.2, 0.25) is 0 Å². The number of fused-ring (bicyclic) bond motifs is 1. The van der Waals surface area contributed by atoms with Crippen LogP contribution in [0.25, 0.3) is 10.9 Å². The molecule has 4 aromatic rings. The lowest BCUT2D eigenvalue weighted by Crippen LogP contribution is -2.25. The average Bonchev–Trinajstić information content (AvgIpc) is 3.73. The number of rotatable bonds is 9. The van der Waals surface area contributed by atoms with Crippen molar-refractivity contribution in [2.45, 2.75) is 44.8 Å². The van der Waals surface area contributed by atoms with E-state index < -0.39 is 0 Å². The SMILES string of the molecule is N#CCc1ccc(OCc2ccccc2NC(=O)CCc2nc3ccccc3c(=O)n2C2CC2)cc1. The van der Waals surface area contributed by atoms with Gasteiger partial charge in [-0.05, 0) is 48.7 Å². The Morgan fingerprint density at radius 2 is 1.81 bits per heavy atom. The summed E-state index contributed by atoms with van der Waals surface area (Å²) in [6.45, 7) is 0.293. The Bertz CT molecular complexity index is 1500. The summed E-state index contributed by atoms with van der Waals surface area (Å²) < 4.78 is 7.67. The van der Waals surface area contributed by atoms with Gasteiger partial charge in [0.2, 0.25) is 5.91 Å². The minimum absolute atomic E-state index is 0.0262. The molecule has 7 heteroatoms.